The third-order valence-corrected chi connectivity index (χ3v) is 12.3. The molecule has 0 unspecified atom stereocenters. The quantitative estimate of drug-likeness (QED) is 0.130. The zero-order valence-corrected chi connectivity index (χ0v) is 27.8. The molecule has 0 amide bonds. The van der Waals surface area contributed by atoms with Crippen molar-refractivity contribution in [1.82, 2.24) is 4.57 Å². The topological polar surface area (TPSA) is 4.93 Å². The third kappa shape index (κ3) is 3.41. The highest BCUT2D eigenvalue weighted by molar-refractivity contribution is 7.26. The fourth-order valence-corrected chi connectivity index (χ4v) is 10.2. The molecule has 0 bridgehead atoms. The second-order valence-electron chi connectivity index (χ2n) is 13.6. The Balaban J connectivity index is 1.11. The van der Waals surface area contributed by atoms with Crippen molar-refractivity contribution < 1.29 is 0 Å². The molecule has 0 aliphatic rings. The van der Waals surface area contributed by atoms with Gasteiger partial charge in [0.25, 0.3) is 0 Å². The SMILES string of the molecule is c1cc(-c2ccc3c(c2)c2cccc4c5ccccc5c5cccc3c5c42)c2sc3ccc(-n4c5ccccc5c5ccccc54)cc3c2c1. The van der Waals surface area contributed by atoms with Crippen LogP contribution in [-0.4, -0.2) is 4.57 Å². The highest BCUT2D eigenvalue weighted by atomic mass is 32.1. The summed E-state index contributed by atoms with van der Waals surface area (Å²) in [7, 11) is 0. The van der Waals surface area contributed by atoms with Gasteiger partial charge >= 0.3 is 0 Å². The highest BCUT2D eigenvalue weighted by Gasteiger charge is 2.19. The number of rotatable bonds is 2. The second-order valence-corrected chi connectivity index (χ2v) is 14.6. The van der Waals surface area contributed by atoms with Crippen molar-refractivity contribution in [1.29, 1.82) is 0 Å². The first-order valence-electron chi connectivity index (χ1n) is 17.3. The van der Waals surface area contributed by atoms with E-state index in [4.69, 9.17) is 0 Å². The van der Waals surface area contributed by atoms with Gasteiger partial charge in [-0.3, -0.25) is 0 Å². The largest absolute Gasteiger partial charge is 0.309 e. The molecule has 0 radical (unpaired) electrons. The molecule has 0 saturated carbocycles. The molecule has 0 saturated heterocycles. The summed E-state index contributed by atoms with van der Waals surface area (Å²) < 4.78 is 5.07. The molecular weight excluding hydrogens is 623 g/mol. The average Bonchev–Trinajstić information content (AvgIpc) is 3.73. The molecule has 2 aromatic heterocycles. The van der Waals surface area contributed by atoms with E-state index in [2.05, 4.69) is 168 Å². The Hall–Kier alpha value is -6.22. The molecule has 10 aromatic carbocycles. The van der Waals surface area contributed by atoms with Crippen LogP contribution in [0, 0.1) is 0 Å². The molecule has 0 atom stereocenters. The lowest BCUT2D eigenvalue weighted by atomic mass is 9.85. The molecular formula is C48H27NS. The van der Waals surface area contributed by atoms with E-state index in [1.54, 1.807) is 0 Å². The maximum atomic E-state index is 2.45. The van der Waals surface area contributed by atoms with Crippen LogP contribution in [-0.2, 0) is 0 Å². The summed E-state index contributed by atoms with van der Waals surface area (Å²) in [4.78, 5) is 0. The van der Waals surface area contributed by atoms with Crippen LogP contribution < -0.4 is 0 Å². The van der Waals surface area contributed by atoms with Crippen LogP contribution in [0.25, 0.3) is 113 Å². The van der Waals surface area contributed by atoms with E-state index < -0.39 is 0 Å². The number of hydrogen-bond donors (Lipinski definition) is 0. The Morgan fingerprint density at radius 1 is 0.340 bits per heavy atom. The Labute approximate surface area is 291 Å². The molecule has 0 N–H and O–H groups in total. The van der Waals surface area contributed by atoms with Crippen molar-refractivity contribution in [2.24, 2.45) is 0 Å². The molecule has 0 aliphatic heterocycles. The van der Waals surface area contributed by atoms with Gasteiger partial charge in [-0.2, -0.15) is 0 Å². The van der Waals surface area contributed by atoms with Gasteiger partial charge in [-0.15, -0.1) is 11.3 Å². The van der Waals surface area contributed by atoms with Gasteiger partial charge in [-0.25, -0.2) is 0 Å². The van der Waals surface area contributed by atoms with Crippen LogP contribution in [0.15, 0.2) is 164 Å². The summed E-state index contributed by atoms with van der Waals surface area (Å²) in [5, 5.41) is 18.5. The number of thiophene rings is 1. The number of benzene rings is 10. The fraction of sp³-hybridized carbons (Fsp3) is 0. The summed E-state index contributed by atoms with van der Waals surface area (Å²) >= 11 is 1.90. The van der Waals surface area contributed by atoms with Gasteiger partial charge in [-0.1, -0.05) is 127 Å². The first-order valence-corrected chi connectivity index (χ1v) is 18.1. The predicted octanol–water partition coefficient (Wildman–Crippen LogP) is 14.0. The lowest BCUT2D eigenvalue weighted by Gasteiger charge is -2.18. The zero-order valence-electron chi connectivity index (χ0n) is 26.9. The maximum absolute atomic E-state index is 2.45. The van der Waals surface area contributed by atoms with Gasteiger partial charge in [-0.05, 0) is 101 Å². The summed E-state index contributed by atoms with van der Waals surface area (Å²) in [6.45, 7) is 0. The van der Waals surface area contributed by atoms with Crippen LogP contribution in [0.4, 0.5) is 0 Å². The van der Waals surface area contributed by atoms with Gasteiger partial charge in [0.1, 0.15) is 0 Å². The molecule has 0 aliphatic carbocycles. The molecule has 2 heteroatoms. The number of aromatic nitrogens is 1. The Morgan fingerprint density at radius 3 is 1.52 bits per heavy atom. The highest BCUT2D eigenvalue weighted by Crippen LogP contribution is 2.47. The van der Waals surface area contributed by atoms with Gasteiger partial charge < -0.3 is 4.57 Å². The molecule has 2 heterocycles. The Morgan fingerprint density at radius 2 is 0.860 bits per heavy atom. The first-order chi connectivity index (χ1) is 24.8. The van der Waals surface area contributed by atoms with Crippen molar-refractivity contribution in [3.05, 3.63) is 164 Å². The molecule has 12 aromatic rings. The van der Waals surface area contributed by atoms with Crippen LogP contribution in [0.3, 0.4) is 0 Å². The third-order valence-electron chi connectivity index (χ3n) is 11.1. The van der Waals surface area contributed by atoms with Crippen LogP contribution >= 0.6 is 11.3 Å². The zero-order chi connectivity index (χ0) is 32.5. The standard InChI is InChI=1S/C48H27NS/c1-2-11-32-31(10-1)36-15-8-17-38-33-24-22-28(26-41(33)39-18-9-16-37(32)47(39)46(36)38)30-14-7-19-40-42-27-29(23-25-45(42)50-48(30)40)49-43-20-5-3-12-34(43)35-13-4-6-21-44(35)49/h1-27H. The Kier molecular flexibility index (Phi) is 5.18. The normalized spacial score (nSPS) is 12.4. The van der Waals surface area contributed by atoms with E-state index in [-0.39, 0.29) is 0 Å². The van der Waals surface area contributed by atoms with E-state index >= 15 is 0 Å². The number of nitrogens with zero attached hydrogens (tertiary/aromatic N) is 1. The maximum Gasteiger partial charge on any atom is 0.0541 e. The van der Waals surface area contributed by atoms with Gasteiger partial charge in [0.2, 0.25) is 0 Å². The van der Waals surface area contributed by atoms with Crippen molar-refractivity contribution in [3.63, 3.8) is 0 Å². The monoisotopic (exact) mass is 649 g/mol. The van der Waals surface area contributed by atoms with E-state index in [0.29, 0.717) is 0 Å². The number of hydrogen-bond acceptors (Lipinski definition) is 1. The minimum Gasteiger partial charge on any atom is -0.309 e. The van der Waals surface area contributed by atoms with E-state index in [0.717, 1.165) is 0 Å². The summed E-state index contributed by atoms with van der Waals surface area (Å²) in [5.41, 5.74) is 6.23. The van der Waals surface area contributed by atoms with Crippen LogP contribution in [0.1, 0.15) is 0 Å². The number of para-hydroxylation sites is 2. The molecule has 230 valence electrons. The second kappa shape index (κ2) is 9.69. The average molecular weight is 650 g/mol. The van der Waals surface area contributed by atoms with Gasteiger partial charge in [0.15, 0.2) is 0 Å². The lowest BCUT2D eigenvalue weighted by Crippen LogP contribution is -1.93. The summed E-state index contributed by atoms with van der Waals surface area (Å²) in [5.74, 6) is 0. The minimum absolute atomic E-state index is 1.20. The van der Waals surface area contributed by atoms with Crippen molar-refractivity contribution in [3.8, 4) is 16.8 Å². The van der Waals surface area contributed by atoms with Gasteiger partial charge in [0.05, 0.1) is 11.0 Å². The molecule has 0 spiro atoms. The van der Waals surface area contributed by atoms with E-state index in [1.807, 2.05) is 11.3 Å². The van der Waals surface area contributed by atoms with Crippen LogP contribution in [0.5, 0.6) is 0 Å². The van der Waals surface area contributed by atoms with Crippen molar-refractivity contribution in [2.75, 3.05) is 0 Å². The smallest absolute Gasteiger partial charge is 0.0541 e. The van der Waals surface area contributed by atoms with Gasteiger partial charge in [0, 0.05) is 36.6 Å². The van der Waals surface area contributed by atoms with Crippen molar-refractivity contribution >= 4 is 107 Å². The fourth-order valence-electron chi connectivity index (χ4n) is 9.02. The molecule has 1 nitrogen and oxygen atoms in total. The lowest BCUT2D eigenvalue weighted by molar-refractivity contribution is 1.19. The predicted molar refractivity (Wildman–Crippen MR) is 218 cm³/mol. The van der Waals surface area contributed by atoms with E-state index in [1.165, 1.54) is 113 Å². The molecule has 12 rings (SSSR count). The van der Waals surface area contributed by atoms with Crippen molar-refractivity contribution in [2.45, 2.75) is 0 Å². The van der Waals surface area contributed by atoms with E-state index in [9.17, 15) is 0 Å². The Bertz CT molecular complexity index is 3320. The summed E-state index contributed by atoms with van der Waals surface area (Å²) in [6.07, 6.45) is 0. The number of fused-ring (bicyclic) bond motifs is 12. The molecule has 50 heavy (non-hydrogen) atoms. The summed E-state index contributed by atoms with van der Waals surface area (Å²) in [6, 6.07) is 61.1. The minimum atomic E-state index is 1.20. The molecule has 0 fully saturated rings. The van der Waals surface area contributed by atoms with Crippen LogP contribution in [0.2, 0.25) is 0 Å². The first kappa shape index (κ1) is 26.7.